The van der Waals surface area contributed by atoms with Gasteiger partial charge in [0.1, 0.15) is 0 Å². The maximum atomic E-state index is 11.8. The van der Waals surface area contributed by atoms with Crippen LogP contribution in [-0.2, 0) is 9.84 Å². The molecule has 1 aromatic carbocycles. The third-order valence-electron chi connectivity index (χ3n) is 3.74. The van der Waals surface area contributed by atoms with E-state index in [1.807, 2.05) is 24.3 Å². The first-order valence-corrected chi connectivity index (χ1v) is 8.37. The van der Waals surface area contributed by atoms with Crippen LogP contribution in [0.15, 0.2) is 28.7 Å². The minimum atomic E-state index is -3.22. The van der Waals surface area contributed by atoms with Crippen molar-refractivity contribution in [2.75, 3.05) is 19.4 Å². The van der Waals surface area contributed by atoms with Gasteiger partial charge in [-0.1, -0.05) is 28.1 Å². The number of halogens is 1. The fourth-order valence-corrected chi connectivity index (χ4v) is 5.08. The molecule has 1 aliphatic rings. The van der Waals surface area contributed by atoms with E-state index in [-0.39, 0.29) is 19.1 Å². The standard InChI is InChI=1S/C12H16BrNO3S/c1-18(16,17)11-10(12(11,6-14)7-15)8-2-4-9(13)5-3-8/h2-5,10-11,15H,6-7,14H2,1H3/t10-,11+,12-/m0/s1. The lowest BCUT2D eigenvalue weighted by atomic mass is 10.0. The van der Waals surface area contributed by atoms with Crippen LogP contribution in [0.25, 0.3) is 0 Å². The number of aliphatic hydroxyl groups is 1. The van der Waals surface area contributed by atoms with Crippen molar-refractivity contribution >= 4 is 25.8 Å². The van der Waals surface area contributed by atoms with E-state index in [9.17, 15) is 13.5 Å². The number of nitrogens with two attached hydrogens (primary N) is 1. The highest BCUT2D eigenvalue weighted by molar-refractivity contribution is 9.10. The fraction of sp³-hybridized carbons (Fsp3) is 0.500. The zero-order valence-electron chi connectivity index (χ0n) is 10.0. The van der Waals surface area contributed by atoms with Crippen molar-refractivity contribution in [3.05, 3.63) is 34.3 Å². The van der Waals surface area contributed by atoms with Crippen LogP contribution in [0.3, 0.4) is 0 Å². The Labute approximate surface area is 115 Å². The first kappa shape index (κ1) is 14.0. The van der Waals surface area contributed by atoms with Crippen LogP contribution in [-0.4, -0.2) is 38.2 Å². The molecule has 1 fully saturated rings. The molecular formula is C12H16BrNO3S. The Morgan fingerprint density at radius 3 is 2.28 bits per heavy atom. The lowest BCUT2D eigenvalue weighted by Gasteiger charge is -2.11. The molecule has 0 saturated heterocycles. The Bertz CT molecular complexity index is 537. The van der Waals surface area contributed by atoms with Crippen molar-refractivity contribution in [3.8, 4) is 0 Å². The number of sulfone groups is 1. The summed E-state index contributed by atoms with van der Waals surface area (Å²) in [5, 5.41) is 8.94. The molecule has 18 heavy (non-hydrogen) atoms. The lowest BCUT2D eigenvalue weighted by Crippen LogP contribution is -2.27. The third kappa shape index (κ3) is 2.11. The minimum Gasteiger partial charge on any atom is -0.396 e. The second-order valence-electron chi connectivity index (χ2n) is 4.87. The highest BCUT2D eigenvalue weighted by Crippen LogP contribution is 2.61. The first-order valence-electron chi connectivity index (χ1n) is 5.62. The van der Waals surface area contributed by atoms with Crippen LogP contribution in [0.2, 0.25) is 0 Å². The molecule has 0 bridgehead atoms. The van der Waals surface area contributed by atoms with Crippen LogP contribution in [0.4, 0.5) is 0 Å². The predicted octanol–water partition coefficient (Wildman–Crippen LogP) is 0.897. The van der Waals surface area contributed by atoms with Crippen molar-refractivity contribution in [1.29, 1.82) is 0 Å². The van der Waals surface area contributed by atoms with Crippen LogP contribution in [0.5, 0.6) is 0 Å². The summed E-state index contributed by atoms with van der Waals surface area (Å²) in [6.45, 7) is -0.0378. The summed E-state index contributed by atoms with van der Waals surface area (Å²) >= 11 is 3.34. The maximum Gasteiger partial charge on any atom is 0.151 e. The SMILES string of the molecule is CS(=O)(=O)[C@@H]1[C@H](c2ccc(Br)cc2)[C@]1(CN)CO. The summed E-state index contributed by atoms with van der Waals surface area (Å²) in [6.07, 6.45) is 1.20. The van der Waals surface area contributed by atoms with Gasteiger partial charge in [0.15, 0.2) is 9.84 Å². The average molecular weight is 334 g/mol. The molecule has 0 heterocycles. The van der Waals surface area contributed by atoms with E-state index in [0.717, 1.165) is 10.0 Å². The van der Waals surface area contributed by atoms with Gasteiger partial charge in [-0.25, -0.2) is 8.42 Å². The summed E-state index contributed by atoms with van der Waals surface area (Å²) in [7, 11) is -3.22. The molecule has 1 saturated carbocycles. The second-order valence-corrected chi connectivity index (χ2v) is 7.96. The van der Waals surface area contributed by atoms with Crippen LogP contribution < -0.4 is 5.73 Å². The molecule has 4 nitrogen and oxygen atoms in total. The highest BCUT2D eigenvalue weighted by atomic mass is 79.9. The molecule has 3 atom stereocenters. The van der Waals surface area contributed by atoms with E-state index in [0.29, 0.717) is 0 Å². The monoisotopic (exact) mass is 333 g/mol. The second kappa shape index (κ2) is 4.59. The normalized spacial score (nSPS) is 31.3. The van der Waals surface area contributed by atoms with Gasteiger partial charge in [-0.2, -0.15) is 0 Å². The van der Waals surface area contributed by atoms with E-state index in [1.165, 1.54) is 6.26 Å². The first-order chi connectivity index (χ1) is 8.36. The van der Waals surface area contributed by atoms with Crippen molar-refractivity contribution in [3.63, 3.8) is 0 Å². The molecule has 1 aromatic rings. The molecule has 3 N–H and O–H groups in total. The highest BCUT2D eigenvalue weighted by Gasteiger charge is 2.68. The molecule has 0 amide bonds. The van der Waals surface area contributed by atoms with Gasteiger partial charge >= 0.3 is 0 Å². The van der Waals surface area contributed by atoms with Crippen molar-refractivity contribution in [2.24, 2.45) is 11.1 Å². The quantitative estimate of drug-likeness (QED) is 0.857. The lowest BCUT2D eigenvalue weighted by molar-refractivity contribution is 0.212. The van der Waals surface area contributed by atoms with Gasteiger partial charge in [0.05, 0.1) is 11.9 Å². The van der Waals surface area contributed by atoms with Gasteiger partial charge in [-0.15, -0.1) is 0 Å². The summed E-state index contributed by atoms with van der Waals surface area (Å²) in [4.78, 5) is 0. The molecule has 0 radical (unpaired) electrons. The summed E-state index contributed by atoms with van der Waals surface area (Å²) < 4.78 is 24.5. The van der Waals surface area contributed by atoms with Crippen LogP contribution in [0, 0.1) is 5.41 Å². The molecule has 2 rings (SSSR count). The Balaban J connectivity index is 2.41. The van der Waals surface area contributed by atoms with Gasteiger partial charge < -0.3 is 10.8 Å². The summed E-state index contributed by atoms with van der Waals surface area (Å²) in [6, 6.07) is 7.48. The molecule has 0 aliphatic heterocycles. The number of hydrogen-bond donors (Lipinski definition) is 2. The van der Waals surface area contributed by atoms with Gasteiger partial charge in [0.2, 0.25) is 0 Å². The predicted molar refractivity (Wildman–Crippen MR) is 74.1 cm³/mol. The van der Waals surface area contributed by atoms with Gasteiger partial charge in [0.25, 0.3) is 0 Å². The van der Waals surface area contributed by atoms with E-state index < -0.39 is 20.5 Å². The molecule has 0 unspecified atom stereocenters. The smallest absolute Gasteiger partial charge is 0.151 e. The summed E-state index contributed by atoms with van der Waals surface area (Å²) in [5.74, 6) is -0.212. The van der Waals surface area contributed by atoms with E-state index >= 15 is 0 Å². The number of benzene rings is 1. The molecule has 1 aliphatic carbocycles. The zero-order valence-corrected chi connectivity index (χ0v) is 12.4. The Morgan fingerprint density at radius 1 is 1.39 bits per heavy atom. The van der Waals surface area contributed by atoms with E-state index in [4.69, 9.17) is 5.73 Å². The molecular weight excluding hydrogens is 318 g/mol. The minimum absolute atomic E-state index is 0.169. The number of aliphatic hydroxyl groups excluding tert-OH is 1. The van der Waals surface area contributed by atoms with Gasteiger partial charge in [-0.3, -0.25) is 0 Å². The van der Waals surface area contributed by atoms with Crippen molar-refractivity contribution in [2.45, 2.75) is 11.2 Å². The van der Waals surface area contributed by atoms with Crippen molar-refractivity contribution < 1.29 is 13.5 Å². The molecule has 0 aromatic heterocycles. The summed E-state index contributed by atoms with van der Waals surface area (Å²) in [5.41, 5.74) is 5.88. The topological polar surface area (TPSA) is 80.4 Å². The molecule has 0 spiro atoms. The van der Waals surface area contributed by atoms with E-state index in [1.54, 1.807) is 0 Å². The number of rotatable bonds is 4. The van der Waals surface area contributed by atoms with Crippen LogP contribution >= 0.6 is 15.9 Å². The Morgan fingerprint density at radius 2 is 1.94 bits per heavy atom. The Hall–Kier alpha value is -0.430. The molecule has 6 heteroatoms. The van der Waals surface area contributed by atoms with E-state index in [2.05, 4.69) is 15.9 Å². The van der Waals surface area contributed by atoms with Gasteiger partial charge in [-0.05, 0) is 17.7 Å². The zero-order chi connectivity index (χ0) is 13.6. The third-order valence-corrected chi connectivity index (χ3v) is 5.94. The van der Waals surface area contributed by atoms with Gasteiger partial charge in [0, 0.05) is 28.6 Å². The molecule has 100 valence electrons. The number of hydrogen-bond acceptors (Lipinski definition) is 4. The largest absolute Gasteiger partial charge is 0.396 e. The van der Waals surface area contributed by atoms with Crippen LogP contribution in [0.1, 0.15) is 11.5 Å². The Kier molecular flexibility index (Phi) is 3.57. The fourth-order valence-electron chi connectivity index (χ4n) is 2.80. The van der Waals surface area contributed by atoms with Crippen molar-refractivity contribution in [1.82, 2.24) is 0 Å². The average Bonchev–Trinajstić information content (AvgIpc) is 3.00. The maximum absolute atomic E-state index is 11.8.